The van der Waals surface area contributed by atoms with Crippen LogP contribution in [-0.4, -0.2) is 75.9 Å². The predicted molar refractivity (Wildman–Crippen MR) is 85.4 cm³/mol. The molecule has 0 aromatic heterocycles. The summed E-state index contributed by atoms with van der Waals surface area (Å²) in [6, 6.07) is 6.05. The zero-order chi connectivity index (χ0) is 16.2. The van der Waals surface area contributed by atoms with Crippen molar-refractivity contribution in [2.24, 2.45) is 0 Å². The van der Waals surface area contributed by atoms with Crippen molar-refractivity contribution in [2.45, 2.75) is 25.7 Å². The van der Waals surface area contributed by atoms with Gasteiger partial charge in [-0.15, -0.1) is 0 Å². The molecule has 0 atom stereocenters. The molecule has 6 nitrogen and oxygen atoms in total. The standard InChI is InChI=1S/C16H22O6.Pb/c17-9-1-3-11-21-15(19)13-5-7-14(8-6-13)16(20)22-12-4-2-10-18;/h5-8,17-18H,1-4,9-12H2;. The van der Waals surface area contributed by atoms with Gasteiger partial charge in [-0.1, -0.05) is 0 Å². The number of aliphatic hydroxyl groups is 2. The molecule has 126 valence electrons. The molecule has 1 aromatic carbocycles. The Hall–Kier alpha value is -0.998. The molecule has 23 heavy (non-hydrogen) atoms. The number of esters is 2. The fourth-order valence-electron chi connectivity index (χ4n) is 1.67. The average Bonchev–Trinajstić information content (AvgIpc) is 2.55. The Morgan fingerprint density at radius 1 is 0.739 bits per heavy atom. The molecule has 0 saturated carbocycles. The van der Waals surface area contributed by atoms with E-state index in [1.54, 1.807) is 0 Å². The molecule has 4 radical (unpaired) electrons. The maximum absolute atomic E-state index is 11.7. The fourth-order valence-corrected chi connectivity index (χ4v) is 1.67. The van der Waals surface area contributed by atoms with E-state index in [-0.39, 0.29) is 53.7 Å². The molecule has 0 aliphatic rings. The van der Waals surface area contributed by atoms with Crippen molar-refractivity contribution in [3.05, 3.63) is 35.4 Å². The van der Waals surface area contributed by atoms with E-state index in [1.807, 2.05) is 0 Å². The third-order valence-corrected chi connectivity index (χ3v) is 2.93. The summed E-state index contributed by atoms with van der Waals surface area (Å²) >= 11 is 0. The first-order chi connectivity index (χ1) is 10.7. The molecule has 1 rings (SSSR count). The largest absolute Gasteiger partial charge is 0.462 e. The molecule has 0 aliphatic heterocycles. The van der Waals surface area contributed by atoms with Crippen LogP contribution in [0.1, 0.15) is 46.4 Å². The summed E-state index contributed by atoms with van der Waals surface area (Å²) < 4.78 is 10.1. The molecule has 0 heterocycles. The van der Waals surface area contributed by atoms with Gasteiger partial charge < -0.3 is 19.7 Å². The second-order valence-corrected chi connectivity index (χ2v) is 4.71. The molecule has 0 bridgehead atoms. The summed E-state index contributed by atoms with van der Waals surface area (Å²) in [5.74, 6) is -0.915. The summed E-state index contributed by atoms with van der Waals surface area (Å²) in [6.45, 7) is 0.668. The second kappa shape index (κ2) is 13.4. The van der Waals surface area contributed by atoms with Crippen LogP contribution in [0.3, 0.4) is 0 Å². The third-order valence-electron chi connectivity index (χ3n) is 2.93. The Labute approximate surface area is 156 Å². The number of aliphatic hydroxyl groups excluding tert-OH is 2. The molecule has 0 fully saturated rings. The van der Waals surface area contributed by atoms with Crippen LogP contribution in [0.4, 0.5) is 0 Å². The summed E-state index contributed by atoms with van der Waals surface area (Å²) in [5, 5.41) is 17.3. The van der Waals surface area contributed by atoms with E-state index in [1.165, 1.54) is 24.3 Å². The minimum Gasteiger partial charge on any atom is -0.462 e. The third kappa shape index (κ3) is 9.02. The molecule has 2 N–H and O–H groups in total. The van der Waals surface area contributed by atoms with Gasteiger partial charge in [0.1, 0.15) is 0 Å². The van der Waals surface area contributed by atoms with Crippen LogP contribution >= 0.6 is 0 Å². The van der Waals surface area contributed by atoms with Gasteiger partial charge in [0, 0.05) is 40.5 Å². The first-order valence-electron chi connectivity index (χ1n) is 7.35. The van der Waals surface area contributed by atoms with Crippen molar-refractivity contribution in [1.82, 2.24) is 0 Å². The van der Waals surface area contributed by atoms with Crippen molar-refractivity contribution >= 4 is 39.2 Å². The zero-order valence-electron chi connectivity index (χ0n) is 13.0. The second-order valence-electron chi connectivity index (χ2n) is 4.71. The maximum atomic E-state index is 11.7. The minimum atomic E-state index is -0.458. The van der Waals surface area contributed by atoms with Crippen LogP contribution in [0.15, 0.2) is 24.3 Å². The Kier molecular flexibility index (Phi) is 12.9. The first-order valence-corrected chi connectivity index (χ1v) is 7.35. The van der Waals surface area contributed by atoms with Gasteiger partial charge in [-0.25, -0.2) is 9.59 Å². The topological polar surface area (TPSA) is 93.1 Å². The Bertz CT molecular complexity index is 417. The van der Waals surface area contributed by atoms with Gasteiger partial charge in [-0.3, -0.25) is 0 Å². The Balaban J connectivity index is 0.00000484. The number of hydrogen-bond acceptors (Lipinski definition) is 6. The number of benzene rings is 1. The molecule has 0 amide bonds. The smallest absolute Gasteiger partial charge is 0.338 e. The summed E-state index contributed by atoms with van der Waals surface area (Å²) in [7, 11) is 0. The Morgan fingerprint density at radius 3 is 1.39 bits per heavy atom. The molecule has 0 saturated heterocycles. The number of carbonyl (C=O) groups excluding carboxylic acids is 2. The monoisotopic (exact) mass is 518 g/mol. The van der Waals surface area contributed by atoms with Crippen molar-refractivity contribution < 1.29 is 29.3 Å². The van der Waals surface area contributed by atoms with Crippen molar-refractivity contribution in [3.63, 3.8) is 0 Å². The number of ether oxygens (including phenoxy) is 2. The molecule has 1 aromatic rings. The van der Waals surface area contributed by atoms with Gasteiger partial charge in [0.2, 0.25) is 0 Å². The number of unbranched alkanes of at least 4 members (excludes halogenated alkanes) is 2. The maximum Gasteiger partial charge on any atom is 0.338 e. The van der Waals surface area contributed by atoms with Crippen LogP contribution in [0.2, 0.25) is 0 Å². The van der Waals surface area contributed by atoms with Gasteiger partial charge in [-0.05, 0) is 49.9 Å². The van der Waals surface area contributed by atoms with Crippen LogP contribution < -0.4 is 0 Å². The normalized spacial score (nSPS) is 9.83. The van der Waals surface area contributed by atoms with Crippen LogP contribution in [0, 0.1) is 0 Å². The van der Waals surface area contributed by atoms with Crippen molar-refractivity contribution in [3.8, 4) is 0 Å². The van der Waals surface area contributed by atoms with Crippen molar-refractivity contribution in [2.75, 3.05) is 26.4 Å². The summed E-state index contributed by atoms with van der Waals surface area (Å²) in [5.41, 5.74) is 0.724. The van der Waals surface area contributed by atoms with E-state index in [0.29, 0.717) is 36.8 Å². The molecule has 7 heteroatoms. The van der Waals surface area contributed by atoms with Gasteiger partial charge in [0.15, 0.2) is 0 Å². The van der Waals surface area contributed by atoms with Gasteiger partial charge in [0.25, 0.3) is 0 Å². The summed E-state index contributed by atoms with van der Waals surface area (Å²) in [4.78, 5) is 23.4. The quantitative estimate of drug-likeness (QED) is 0.275. The molecular formula is C16H22O6Pb. The van der Waals surface area contributed by atoms with E-state index in [4.69, 9.17) is 19.7 Å². The van der Waals surface area contributed by atoms with Gasteiger partial charge >= 0.3 is 11.9 Å². The SMILES string of the molecule is O=C(OCCCCO)c1ccc(C(=O)OCCCCO)cc1.[Pb]. The van der Waals surface area contributed by atoms with E-state index in [0.717, 1.165) is 0 Å². The number of rotatable bonds is 10. The van der Waals surface area contributed by atoms with Crippen LogP contribution in [0.5, 0.6) is 0 Å². The van der Waals surface area contributed by atoms with Gasteiger partial charge in [0.05, 0.1) is 24.3 Å². The van der Waals surface area contributed by atoms with E-state index >= 15 is 0 Å². The average molecular weight is 518 g/mol. The summed E-state index contributed by atoms with van der Waals surface area (Å²) in [6.07, 6.45) is 2.41. The predicted octanol–water partition coefficient (Wildman–Crippen LogP) is 1.16. The molecular weight excluding hydrogens is 495 g/mol. The molecule has 0 unspecified atom stereocenters. The van der Waals surface area contributed by atoms with Gasteiger partial charge in [-0.2, -0.15) is 0 Å². The van der Waals surface area contributed by atoms with E-state index < -0.39 is 11.9 Å². The fraction of sp³-hybridized carbons (Fsp3) is 0.500. The molecule has 0 spiro atoms. The molecule has 0 aliphatic carbocycles. The van der Waals surface area contributed by atoms with E-state index in [9.17, 15) is 9.59 Å². The number of hydrogen-bond donors (Lipinski definition) is 2. The minimum absolute atomic E-state index is 0. The Morgan fingerprint density at radius 2 is 1.09 bits per heavy atom. The van der Waals surface area contributed by atoms with Crippen LogP contribution in [-0.2, 0) is 9.47 Å². The first kappa shape index (κ1) is 22.0. The van der Waals surface area contributed by atoms with Crippen molar-refractivity contribution in [1.29, 1.82) is 0 Å². The number of carbonyl (C=O) groups is 2. The van der Waals surface area contributed by atoms with E-state index in [2.05, 4.69) is 0 Å². The zero-order valence-corrected chi connectivity index (χ0v) is 16.9. The van der Waals surface area contributed by atoms with Crippen LogP contribution in [0.25, 0.3) is 0 Å².